The zero-order valence-electron chi connectivity index (χ0n) is 16.9. The predicted octanol–water partition coefficient (Wildman–Crippen LogP) is 4.46. The summed E-state index contributed by atoms with van der Waals surface area (Å²) in [5, 5.41) is 14.3. The largest absolute Gasteiger partial charge is 0.481 e. The van der Waals surface area contributed by atoms with Crippen LogP contribution in [0.25, 0.3) is 10.8 Å². The van der Waals surface area contributed by atoms with Gasteiger partial charge in [-0.15, -0.1) is 0 Å². The molecule has 2 N–H and O–H groups in total. The number of nitrogens with zero attached hydrogens (tertiary/aromatic N) is 1. The number of rotatable bonds is 9. The highest BCUT2D eigenvalue weighted by Gasteiger charge is 2.29. The van der Waals surface area contributed by atoms with Crippen LogP contribution in [-0.2, 0) is 22.6 Å². The molecule has 4 rings (SSSR count). The third kappa shape index (κ3) is 5.24. The Balaban J connectivity index is 1.35. The lowest BCUT2D eigenvalue weighted by Gasteiger charge is -2.22. The standard InChI is InChI=1S/C25H26N2O3/c28-24(26-21-10-8-18(9-11-21)16-25(29)30)14-15-27(22-12-13-22)17-20-6-3-5-19-4-1-2-7-23(19)20/h1-11,22H,12-17H2,(H,26,28)(H,29,30). The van der Waals surface area contributed by atoms with Crippen LogP contribution in [0.15, 0.2) is 66.7 Å². The minimum absolute atomic E-state index is 0.0151. The Kier molecular flexibility index (Phi) is 6.10. The number of fused-ring (bicyclic) bond motifs is 1. The molecule has 0 atom stereocenters. The van der Waals surface area contributed by atoms with E-state index < -0.39 is 5.97 Å². The molecule has 0 saturated heterocycles. The molecule has 1 aliphatic rings. The van der Waals surface area contributed by atoms with E-state index in [1.165, 1.54) is 29.2 Å². The lowest BCUT2D eigenvalue weighted by molar-refractivity contribution is -0.136. The van der Waals surface area contributed by atoms with E-state index >= 15 is 0 Å². The van der Waals surface area contributed by atoms with Crippen LogP contribution in [0.3, 0.4) is 0 Å². The second kappa shape index (κ2) is 9.09. The quantitative estimate of drug-likeness (QED) is 0.554. The summed E-state index contributed by atoms with van der Waals surface area (Å²) in [4.78, 5) is 25.6. The Morgan fingerprint density at radius 3 is 2.43 bits per heavy atom. The maximum absolute atomic E-state index is 12.5. The number of hydrogen-bond acceptors (Lipinski definition) is 3. The van der Waals surface area contributed by atoms with Crippen LogP contribution in [0.5, 0.6) is 0 Å². The minimum Gasteiger partial charge on any atom is -0.481 e. The fourth-order valence-electron chi connectivity index (χ4n) is 3.83. The highest BCUT2D eigenvalue weighted by Crippen LogP contribution is 2.30. The zero-order valence-corrected chi connectivity index (χ0v) is 16.9. The van der Waals surface area contributed by atoms with Crippen molar-refractivity contribution in [1.29, 1.82) is 0 Å². The maximum atomic E-state index is 12.5. The molecule has 30 heavy (non-hydrogen) atoms. The van der Waals surface area contributed by atoms with Crippen molar-refractivity contribution >= 4 is 28.3 Å². The van der Waals surface area contributed by atoms with Gasteiger partial charge in [0.2, 0.25) is 5.91 Å². The summed E-state index contributed by atoms with van der Waals surface area (Å²) >= 11 is 0. The van der Waals surface area contributed by atoms with E-state index in [0.717, 1.165) is 18.7 Å². The number of carbonyl (C=O) groups excluding carboxylic acids is 1. The number of amides is 1. The first-order valence-electron chi connectivity index (χ1n) is 10.4. The average molecular weight is 402 g/mol. The molecule has 1 aliphatic carbocycles. The van der Waals surface area contributed by atoms with Crippen molar-refractivity contribution in [2.45, 2.75) is 38.3 Å². The smallest absolute Gasteiger partial charge is 0.307 e. The lowest BCUT2D eigenvalue weighted by Crippen LogP contribution is -2.29. The maximum Gasteiger partial charge on any atom is 0.307 e. The fraction of sp³-hybridized carbons (Fsp3) is 0.280. The van der Waals surface area contributed by atoms with E-state index in [1.54, 1.807) is 24.3 Å². The van der Waals surface area contributed by atoms with Gasteiger partial charge in [-0.1, -0.05) is 54.6 Å². The summed E-state index contributed by atoms with van der Waals surface area (Å²) in [5.74, 6) is -0.886. The molecular formula is C25H26N2O3. The molecule has 0 aromatic heterocycles. The Morgan fingerprint density at radius 2 is 1.70 bits per heavy atom. The molecule has 0 bridgehead atoms. The van der Waals surface area contributed by atoms with Crippen molar-refractivity contribution in [3.63, 3.8) is 0 Å². The molecule has 1 saturated carbocycles. The van der Waals surface area contributed by atoms with E-state index in [1.807, 2.05) is 0 Å². The molecule has 0 spiro atoms. The van der Waals surface area contributed by atoms with Gasteiger partial charge in [-0.25, -0.2) is 0 Å². The molecule has 3 aromatic rings. The summed E-state index contributed by atoms with van der Waals surface area (Å²) in [6.45, 7) is 1.57. The van der Waals surface area contributed by atoms with Crippen molar-refractivity contribution in [2.24, 2.45) is 0 Å². The van der Waals surface area contributed by atoms with Crippen molar-refractivity contribution in [2.75, 3.05) is 11.9 Å². The summed E-state index contributed by atoms with van der Waals surface area (Å²) in [6.07, 6.45) is 2.80. The summed E-state index contributed by atoms with van der Waals surface area (Å²) < 4.78 is 0. The first-order chi connectivity index (χ1) is 14.6. The molecular weight excluding hydrogens is 376 g/mol. The van der Waals surface area contributed by atoms with Crippen LogP contribution in [0, 0.1) is 0 Å². The Bertz CT molecular complexity index is 1040. The molecule has 0 heterocycles. The van der Waals surface area contributed by atoms with Gasteiger partial charge in [-0.2, -0.15) is 0 Å². The normalized spacial score (nSPS) is 13.5. The van der Waals surface area contributed by atoms with Gasteiger partial charge >= 0.3 is 5.97 Å². The zero-order chi connectivity index (χ0) is 20.9. The fourth-order valence-corrected chi connectivity index (χ4v) is 3.83. The third-order valence-corrected chi connectivity index (χ3v) is 5.54. The van der Waals surface area contributed by atoms with E-state index in [4.69, 9.17) is 5.11 Å². The van der Waals surface area contributed by atoms with E-state index in [0.29, 0.717) is 18.2 Å². The van der Waals surface area contributed by atoms with Gasteiger partial charge in [0.25, 0.3) is 0 Å². The number of hydrogen-bond donors (Lipinski definition) is 2. The second-order valence-corrected chi connectivity index (χ2v) is 7.91. The van der Waals surface area contributed by atoms with Gasteiger partial charge < -0.3 is 10.4 Å². The molecule has 0 radical (unpaired) electrons. The summed E-state index contributed by atoms with van der Waals surface area (Å²) in [7, 11) is 0. The molecule has 1 amide bonds. The molecule has 1 fully saturated rings. The highest BCUT2D eigenvalue weighted by atomic mass is 16.4. The number of anilines is 1. The van der Waals surface area contributed by atoms with Gasteiger partial charge in [0.1, 0.15) is 0 Å². The van der Waals surface area contributed by atoms with Crippen LogP contribution >= 0.6 is 0 Å². The van der Waals surface area contributed by atoms with E-state index in [9.17, 15) is 9.59 Å². The van der Waals surface area contributed by atoms with Crippen LogP contribution in [-0.4, -0.2) is 34.5 Å². The second-order valence-electron chi connectivity index (χ2n) is 7.91. The number of carboxylic acid groups (broad SMARTS) is 1. The highest BCUT2D eigenvalue weighted by molar-refractivity contribution is 5.91. The number of aliphatic carboxylic acids is 1. The summed E-state index contributed by atoms with van der Waals surface area (Å²) in [6, 6.07) is 22.4. The van der Waals surface area contributed by atoms with Gasteiger partial charge in [0.15, 0.2) is 0 Å². The number of nitrogens with one attached hydrogen (secondary N) is 1. The first-order valence-corrected chi connectivity index (χ1v) is 10.4. The van der Waals surface area contributed by atoms with Crippen molar-refractivity contribution in [1.82, 2.24) is 4.90 Å². The lowest BCUT2D eigenvalue weighted by atomic mass is 10.0. The monoisotopic (exact) mass is 402 g/mol. The van der Waals surface area contributed by atoms with Crippen molar-refractivity contribution in [3.05, 3.63) is 77.9 Å². The van der Waals surface area contributed by atoms with Crippen LogP contribution < -0.4 is 5.32 Å². The third-order valence-electron chi connectivity index (χ3n) is 5.54. The summed E-state index contributed by atoms with van der Waals surface area (Å²) in [5.41, 5.74) is 2.71. The van der Waals surface area contributed by atoms with Crippen molar-refractivity contribution in [3.8, 4) is 0 Å². The number of benzene rings is 3. The first kappa shape index (κ1) is 20.1. The molecule has 5 nitrogen and oxygen atoms in total. The topological polar surface area (TPSA) is 69.6 Å². The molecule has 5 heteroatoms. The number of carboxylic acids is 1. The minimum atomic E-state index is -0.863. The van der Waals surface area contributed by atoms with Crippen LogP contribution in [0.4, 0.5) is 5.69 Å². The van der Waals surface area contributed by atoms with Gasteiger partial charge in [-0.05, 0) is 46.9 Å². The van der Waals surface area contributed by atoms with Gasteiger partial charge in [0, 0.05) is 31.2 Å². The Labute approximate surface area is 176 Å². The van der Waals surface area contributed by atoms with Crippen molar-refractivity contribution < 1.29 is 14.7 Å². The van der Waals surface area contributed by atoms with E-state index in [2.05, 4.69) is 52.7 Å². The Morgan fingerprint density at radius 1 is 0.967 bits per heavy atom. The molecule has 3 aromatic carbocycles. The van der Waals surface area contributed by atoms with Crippen LogP contribution in [0.1, 0.15) is 30.4 Å². The SMILES string of the molecule is O=C(O)Cc1ccc(NC(=O)CCN(Cc2cccc3ccccc23)C2CC2)cc1. The van der Waals surface area contributed by atoms with Crippen LogP contribution in [0.2, 0.25) is 0 Å². The molecule has 0 unspecified atom stereocenters. The number of carbonyl (C=O) groups is 2. The molecule has 0 aliphatic heterocycles. The molecule has 154 valence electrons. The van der Waals surface area contributed by atoms with E-state index in [-0.39, 0.29) is 12.3 Å². The predicted molar refractivity (Wildman–Crippen MR) is 118 cm³/mol. The van der Waals surface area contributed by atoms with Gasteiger partial charge in [-0.3, -0.25) is 14.5 Å². The van der Waals surface area contributed by atoms with Gasteiger partial charge in [0.05, 0.1) is 6.42 Å². The Hall–Kier alpha value is -3.18. The average Bonchev–Trinajstić information content (AvgIpc) is 3.57.